The summed E-state index contributed by atoms with van der Waals surface area (Å²) < 4.78 is 0. The molecule has 1 aromatic heterocycles. The predicted octanol–water partition coefficient (Wildman–Crippen LogP) is 0.309. The molecule has 2 rings (SSSR count). The van der Waals surface area contributed by atoms with E-state index in [4.69, 9.17) is 5.73 Å². The van der Waals surface area contributed by atoms with Crippen LogP contribution >= 0.6 is 0 Å². The van der Waals surface area contributed by atoms with E-state index < -0.39 is 0 Å². The highest BCUT2D eigenvalue weighted by molar-refractivity contribution is 5.38. The summed E-state index contributed by atoms with van der Waals surface area (Å²) in [6.07, 6.45) is 2.93. The number of hydrogen-bond acceptors (Lipinski definition) is 3. The maximum atomic E-state index is 5.55. The number of hydrogen-bond donors (Lipinski definition) is 2. The summed E-state index contributed by atoms with van der Waals surface area (Å²) in [5.41, 5.74) is 8.18. The van der Waals surface area contributed by atoms with Crippen LogP contribution in [-0.2, 0) is 13.0 Å². The lowest BCUT2D eigenvalue weighted by Crippen LogP contribution is -2.23. The molecule has 0 unspecified atom stereocenters. The summed E-state index contributed by atoms with van der Waals surface area (Å²) >= 11 is 0. The van der Waals surface area contributed by atoms with Gasteiger partial charge in [-0.05, 0) is 30.2 Å². The number of rotatable bonds is 0. The van der Waals surface area contributed by atoms with E-state index in [0.717, 1.165) is 19.5 Å². The Hall–Kier alpha value is -1.09. The number of nitrogens with two attached hydrogens (primary N) is 1. The Bertz CT molecular complexity index is 270. The molecule has 1 aliphatic rings. The van der Waals surface area contributed by atoms with Crippen molar-refractivity contribution in [2.45, 2.75) is 13.0 Å². The van der Waals surface area contributed by atoms with Crippen molar-refractivity contribution in [1.82, 2.24) is 10.3 Å². The van der Waals surface area contributed by atoms with Crippen molar-refractivity contribution < 1.29 is 0 Å². The number of aromatic nitrogens is 1. The van der Waals surface area contributed by atoms with Crippen molar-refractivity contribution in [2.75, 3.05) is 12.3 Å². The number of nitrogens with zero attached hydrogens (tertiary/aromatic N) is 1. The molecule has 0 aromatic carbocycles. The first-order valence-electron chi connectivity index (χ1n) is 3.80. The van der Waals surface area contributed by atoms with E-state index in [1.165, 1.54) is 11.1 Å². The quantitative estimate of drug-likeness (QED) is 0.558. The van der Waals surface area contributed by atoms with E-state index in [2.05, 4.69) is 10.3 Å². The molecule has 1 aliphatic heterocycles. The van der Waals surface area contributed by atoms with Gasteiger partial charge in [-0.3, -0.25) is 0 Å². The first-order valence-corrected chi connectivity index (χ1v) is 3.80. The lowest BCUT2D eigenvalue weighted by molar-refractivity contribution is 0.641. The predicted molar refractivity (Wildman–Crippen MR) is 44.1 cm³/mol. The van der Waals surface area contributed by atoms with Gasteiger partial charge in [0.15, 0.2) is 0 Å². The molecule has 3 N–H and O–H groups in total. The number of anilines is 1. The molecule has 0 saturated carbocycles. The fourth-order valence-electron chi connectivity index (χ4n) is 1.38. The monoisotopic (exact) mass is 149 g/mol. The first-order chi connectivity index (χ1) is 5.36. The van der Waals surface area contributed by atoms with Crippen LogP contribution in [0.1, 0.15) is 11.1 Å². The van der Waals surface area contributed by atoms with E-state index >= 15 is 0 Å². The molecule has 0 radical (unpaired) electrons. The van der Waals surface area contributed by atoms with Gasteiger partial charge in [0.2, 0.25) is 0 Å². The molecular weight excluding hydrogens is 138 g/mol. The van der Waals surface area contributed by atoms with Crippen molar-refractivity contribution in [3.05, 3.63) is 23.4 Å². The second-order valence-electron chi connectivity index (χ2n) is 2.80. The van der Waals surface area contributed by atoms with Crippen molar-refractivity contribution >= 4 is 5.82 Å². The zero-order valence-electron chi connectivity index (χ0n) is 6.30. The Morgan fingerprint density at radius 1 is 1.45 bits per heavy atom. The molecule has 0 spiro atoms. The van der Waals surface area contributed by atoms with Gasteiger partial charge in [0.05, 0.1) is 0 Å². The Morgan fingerprint density at radius 3 is 3.27 bits per heavy atom. The highest BCUT2D eigenvalue weighted by Gasteiger charge is 2.07. The van der Waals surface area contributed by atoms with Gasteiger partial charge >= 0.3 is 0 Å². The minimum absolute atomic E-state index is 0.630. The van der Waals surface area contributed by atoms with Gasteiger partial charge in [-0.1, -0.05) is 0 Å². The number of fused-ring (bicyclic) bond motifs is 1. The van der Waals surface area contributed by atoms with Gasteiger partial charge in [-0.2, -0.15) is 0 Å². The van der Waals surface area contributed by atoms with Gasteiger partial charge in [-0.15, -0.1) is 0 Å². The van der Waals surface area contributed by atoms with Gasteiger partial charge in [0.1, 0.15) is 5.82 Å². The van der Waals surface area contributed by atoms with Crippen LogP contribution in [0.5, 0.6) is 0 Å². The lowest BCUT2D eigenvalue weighted by atomic mass is 10.0. The zero-order chi connectivity index (χ0) is 7.68. The second-order valence-corrected chi connectivity index (χ2v) is 2.80. The normalized spacial score (nSPS) is 16.0. The molecule has 11 heavy (non-hydrogen) atoms. The standard InChI is InChI=1S/C8H11N3/c9-8-3-6-1-2-10-4-7(6)5-11-8/h3,5,10H,1-2,4H2,(H2,9,11). The van der Waals surface area contributed by atoms with Crippen molar-refractivity contribution in [2.24, 2.45) is 0 Å². The topological polar surface area (TPSA) is 50.9 Å². The van der Waals surface area contributed by atoms with Gasteiger partial charge < -0.3 is 11.1 Å². The van der Waals surface area contributed by atoms with Crippen LogP contribution in [0, 0.1) is 0 Å². The van der Waals surface area contributed by atoms with Gasteiger partial charge in [-0.25, -0.2) is 4.98 Å². The largest absolute Gasteiger partial charge is 0.384 e. The van der Waals surface area contributed by atoms with Crippen LogP contribution < -0.4 is 11.1 Å². The number of nitrogens with one attached hydrogen (secondary N) is 1. The van der Waals surface area contributed by atoms with Crippen LogP contribution in [0.2, 0.25) is 0 Å². The van der Waals surface area contributed by atoms with Crippen LogP contribution in [0.3, 0.4) is 0 Å². The summed E-state index contributed by atoms with van der Waals surface area (Å²) in [5.74, 6) is 0.630. The summed E-state index contributed by atoms with van der Waals surface area (Å²) in [6.45, 7) is 1.99. The third-order valence-electron chi connectivity index (χ3n) is 1.99. The summed E-state index contributed by atoms with van der Waals surface area (Å²) in [6, 6.07) is 1.97. The van der Waals surface area contributed by atoms with Crippen molar-refractivity contribution in [3.63, 3.8) is 0 Å². The van der Waals surface area contributed by atoms with E-state index in [-0.39, 0.29) is 0 Å². The Balaban J connectivity index is 2.43. The Kier molecular flexibility index (Phi) is 1.51. The maximum absolute atomic E-state index is 5.55. The molecule has 58 valence electrons. The molecule has 2 heterocycles. The smallest absolute Gasteiger partial charge is 0.123 e. The van der Waals surface area contributed by atoms with E-state index in [9.17, 15) is 0 Å². The number of pyridine rings is 1. The molecule has 0 amide bonds. The summed E-state index contributed by atoms with van der Waals surface area (Å²) in [5, 5.41) is 3.28. The molecule has 3 heteroatoms. The zero-order valence-corrected chi connectivity index (χ0v) is 6.30. The molecule has 0 fully saturated rings. The SMILES string of the molecule is Nc1cc2c(cn1)CNCC2. The molecule has 0 aliphatic carbocycles. The average molecular weight is 149 g/mol. The van der Waals surface area contributed by atoms with Crippen molar-refractivity contribution in [3.8, 4) is 0 Å². The van der Waals surface area contributed by atoms with Gasteiger partial charge in [0.25, 0.3) is 0 Å². The molecule has 0 atom stereocenters. The fourth-order valence-corrected chi connectivity index (χ4v) is 1.38. The van der Waals surface area contributed by atoms with E-state index in [1.54, 1.807) is 0 Å². The fraction of sp³-hybridized carbons (Fsp3) is 0.375. The molecular formula is C8H11N3. The minimum Gasteiger partial charge on any atom is -0.384 e. The third kappa shape index (κ3) is 1.19. The van der Waals surface area contributed by atoms with E-state index in [1.807, 2.05) is 12.3 Å². The first kappa shape index (κ1) is 6.61. The summed E-state index contributed by atoms with van der Waals surface area (Å²) in [4.78, 5) is 4.03. The average Bonchev–Trinajstić information content (AvgIpc) is 2.04. The van der Waals surface area contributed by atoms with Crippen LogP contribution in [0.15, 0.2) is 12.3 Å². The number of nitrogen functional groups attached to an aromatic ring is 1. The maximum Gasteiger partial charge on any atom is 0.123 e. The summed E-state index contributed by atoms with van der Waals surface area (Å²) in [7, 11) is 0. The highest BCUT2D eigenvalue weighted by atomic mass is 14.9. The Labute approximate surface area is 65.6 Å². The van der Waals surface area contributed by atoms with Crippen LogP contribution in [-0.4, -0.2) is 11.5 Å². The second kappa shape index (κ2) is 2.51. The van der Waals surface area contributed by atoms with Crippen LogP contribution in [0.25, 0.3) is 0 Å². The Morgan fingerprint density at radius 2 is 2.36 bits per heavy atom. The minimum atomic E-state index is 0.630. The molecule has 0 saturated heterocycles. The van der Waals surface area contributed by atoms with Crippen molar-refractivity contribution in [1.29, 1.82) is 0 Å². The lowest BCUT2D eigenvalue weighted by Gasteiger charge is -2.15. The third-order valence-corrected chi connectivity index (χ3v) is 1.99. The molecule has 3 nitrogen and oxygen atoms in total. The highest BCUT2D eigenvalue weighted by Crippen LogP contribution is 2.13. The molecule has 0 bridgehead atoms. The van der Waals surface area contributed by atoms with E-state index in [0.29, 0.717) is 5.82 Å². The van der Waals surface area contributed by atoms with Crippen LogP contribution in [0.4, 0.5) is 5.82 Å². The van der Waals surface area contributed by atoms with Gasteiger partial charge in [0, 0.05) is 12.7 Å². The molecule has 1 aromatic rings.